The number of hydrogen-bond acceptors (Lipinski definition) is 4. The summed E-state index contributed by atoms with van der Waals surface area (Å²) in [6, 6.07) is 1.61. The number of carboxylic acid groups (broad SMARTS) is 1. The van der Waals surface area contributed by atoms with Crippen molar-refractivity contribution < 1.29 is 32.9 Å². The van der Waals surface area contributed by atoms with Crippen LogP contribution in [0.5, 0.6) is 5.75 Å². The lowest BCUT2D eigenvalue weighted by molar-refractivity contribution is -0.274. The van der Waals surface area contributed by atoms with Crippen molar-refractivity contribution in [2.45, 2.75) is 12.5 Å². The zero-order valence-corrected chi connectivity index (χ0v) is 9.29. The van der Waals surface area contributed by atoms with E-state index in [-0.39, 0.29) is 11.3 Å². The molecule has 1 aromatic carbocycles. The van der Waals surface area contributed by atoms with Gasteiger partial charge < -0.3 is 20.7 Å². The van der Waals surface area contributed by atoms with Crippen LogP contribution in [-0.2, 0) is 4.79 Å². The van der Waals surface area contributed by atoms with Gasteiger partial charge in [0.2, 0.25) is 0 Å². The van der Waals surface area contributed by atoms with Gasteiger partial charge in [-0.2, -0.15) is 0 Å². The lowest BCUT2D eigenvalue weighted by Gasteiger charge is -2.14. The maximum atomic E-state index is 12.0. The average molecular weight is 286 g/mol. The van der Waals surface area contributed by atoms with Crippen molar-refractivity contribution in [2.75, 3.05) is 5.73 Å². The number of carbonyl (C=O) groups is 1. The van der Waals surface area contributed by atoms with Crippen LogP contribution in [0, 0.1) is 0 Å². The van der Waals surface area contributed by atoms with Crippen LogP contribution >= 0.6 is 11.6 Å². The summed E-state index contributed by atoms with van der Waals surface area (Å²) in [5, 5.41) is 17.2. The van der Waals surface area contributed by atoms with Gasteiger partial charge in [0.05, 0.1) is 5.69 Å². The zero-order valence-electron chi connectivity index (χ0n) is 8.53. The van der Waals surface area contributed by atoms with Gasteiger partial charge in [0, 0.05) is 0 Å². The molecule has 18 heavy (non-hydrogen) atoms. The van der Waals surface area contributed by atoms with Crippen LogP contribution < -0.4 is 10.5 Å². The summed E-state index contributed by atoms with van der Waals surface area (Å²) in [5.41, 5.74) is 4.58. The Balaban J connectivity index is 3.22. The van der Waals surface area contributed by atoms with E-state index in [2.05, 4.69) is 4.74 Å². The van der Waals surface area contributed by atoms with Crippen LogP contribution in [0.15, 0.2) is 12.1 Å². The minimum absolute atomic E-state index is 0.339. The number of hydrogen-bond donors (Lipinski definition) is 3. The van der Waals surface area contributed by atoms with Crippen LogP contribution in [0.25, 0.3) is 0 Å². The minimum Gasteiger partial charge on any atom is -0.479 e. The Morgan fingerprint density at radius 1 is 1.44 bits per heavy atom. The van der Waals surface area contributed by atoms with Crippen molar-refractivity contribution in [2.24, 2.45) is 0 Å². The number of anilines is 1. The molecule has 5 nitrogen and oxygen atoms in total. The van der Waals surface area contributed by atoms with Crippen molar-refractivity contribution in [1.29, 1.82) is 0 Å². The normalized spacial score (nSPS) is 13.2. The van der Waals surface area contributed by atoms with Gasteiger partial charge in [-0.1, -0.05) is 11.6 Å². The number of nitrogen functional groups attached to an aromatic ring is 1. The summed E-state index contributed by atoms with van der Waals surface area (Å²) in [7, 11) is 0. The molecule has 1 atom stereocenters. The van der Waals surface area contributed by atoms with E-state index in [1.165, 1.54) is 0 Å². The number of aliphatic hydroxyl groups excluding tert-OH is 1. The van der Waals surface area contributed by atoms with E-state index in [9.17, 15) is 23.1 Å². The van der Waals surface area contributed by atoms with Crippen LogP contribution in [-0.4, -0.2) is 22.5 Å². The highest BCUT2D eigenvalue weighted by molar-refractivity contribution is 6.34. The highest BCUT2D eigenvalue weighted by Crippen LogP contribution is 2.36. The summed E-state index contributed by atoms with van der Waals surface area (Å²) in [5.74, 6) is -2.52. The number of benzene rings is 1. The van der Waals surface area contributed by atoms with Crippen LogP contribution in [0.4, 0.5) is 18.9 Å². The molecule has 0 bridgehead atoms. The maximum absolute atomic E-state index is 12.0. The maximum Gasteiger partial charge on any atom is 0.573 e. The molecule has 1 aromatic rings. The molecule has 0 aliphatic rings. The van der Waals surface area contributed by atoms with Gasteiger partial charge in [0.1, 0.15) is 5.02 Å². The molecule has 100 valence electrons. The van der Waals surface area contributed by atoms with E-state index in [1.807, 2.05) is 0 Å². The van der Waals surface area contributed by atoms with Gasteiger partial charge >= 0.3 is 12.3 Å². The molecule has 0 saturated carbocycles. The second-order valence-corrected chi connectivity index (χ2v) is 3.59. The lowest BCUT2D eigenvalue weighted by atomic mass is 10.1. The Kier molecular flexibility index (Phi) is 3.92. The first-order chi connectivity index (χ1) is 8.11. The number of rotatable bonds is 3. The minimum atomic E-state index is -5.01. The summed E-state index contributed by atoms with van der Waals surface area (Å²) >= 11 is 5.48. The molecule has 0 aliphatic carbocycles. The molecule has 0 spiro atoms. The van der Waals surface area contributed by atoms with Crippen molar-refractivity contribution in [3.8, 4) is 5.75 Å². The summed E-state index contributed by atoms with van der Waals surface area (Å²) < 4.78 is 39.7. The topological polar surface area (TPSA) is 92.8 Å². The van der Waals surface area contributed by atoms with Gasteiger partial charge in [0.15, 0.2) is 11.9 Å². The third-order valence-electron chi connectivity index (χ3n) is 1.87. The largest absolute Gasteiger partial charge is 0.573 e. The molecule has 0 aliphatic heterocycles. The quantitative estimate of drug-likeness (QED) is 0.738. The molecule has 0 saturated heterocycles. The second kappa shape index (κ2) is 4.91. The highest BCUT2D eigenvalue weighted by Gasteiger charge is 2.33. The van der Waals surface area contributed by atoms with Crippen molar-refractivity contribution >= 4 is 23.3 Å². The highest BCUT2D eigenvalue weighted by atomic mass is 35.5. The molecule has 4 N–H and O–H groups in total. The number of carboxylic acids is 1. The fourth-order valence-electron chi connectivity index (χ4n) is 1.14. The molecule has 1 unspecified atom stereocenters. The van der Waals surface area contributed by atoms with E-state index in [4.69, 9.17) is 22.4 Å². The zero-order chi connectivity index (χ0) is 14.1. The SMILES string of the molecule is Nc1cc(C(O)C(=O)O)cc(OC(F)(F)F)c1Cl. The van der Waals surface area contributed by atoms with Crippen molar-refractivity contribution in [1.82, 2.24) is 0 Å². The first-order valence-corrected chi connectivity index (χ1v) is 4.75. The van der Waals surface area contributed by atoms with Gasteiger partial charge in [-0.25, -0.2) is 4.79 Å². The second-order valence-electron chi connectivity index (χ2n) is 3.21. The Hall–Kier alpha value is -1.67. The molecule has 0 amide bonds. The van der Waals surface area contributed by atoms with Crippen LogP contribution in [0.3, 0.4) is 0 Å². The van der Waals surface area contributed by atoms with Gasteiger partial charge in [-0.05, 0) is 17.7 Å². The lowest BCUT2D eigenvalue weighted by Crippen LogP contribution is -2.18. The van der Waals surface area contributed by atoms with Crippen molar-refractivity contribution in [3.63, 3.8) is 0 Å². The Morgan fingerprint density at radius 2 is 2.00 bits per heavy atom. The molecule has 0 aromatic heterocycles. The van der Waals surface area contributed by atoms with E-state index in [0.717, 1.165) is 6.07 Å². The van der Waals surface area contributed by atoms with E-state index >= 15 is 0 Å². The average Bonchev–Trinajstić information content (AvgIpc) is 2.21. The summed E-state index contributed by atoms with van der Waals surface area (Å²) in [4.78, 5) is 10.5. The summed E-state index contributed by atoms with van der Waals surface area (Å²) in [6.07, 6.45) is -7.04. The fourth-order valence-corrected chi connectivity index (χ4v) is 1.29. The third kappa shape index (κ3) is 3.41. The number of ether oxygens (including phenoxy) is 1. The Morgan fingerprint density at radius 3 is 2.44 bits per heavy atom. The fraction of sp³-hybridized carbons (Fsp3) is 0.222. The smallest absolute Gasteiger partial charge is 0.479 e. The van der Waals surface area contributed by atoms with E-state index in [1.54, 1.807) is 0 Å². The Bertz CT molecular complexity index is 478. The molecule has 1 rings (SSSR count). The predicted octanol–water partition coefficient (Wildman–Crippen LogP) is 1.94. The molecule has 0 fully saturated rings. The number of nitrogens with two attached hydrogens (primary N) is 1. The summed E-state index contributed by atoms with van der Waals surface area (Å²) in [6.45, 7) is 0. The molecule has 0 radical (unpaired) electrons. The molecule has 9 heteroatoms. The standard InChI is InChI=1S/C9H7ClF3NO4/c10-6-4(14)1-3(7(15)8(16)17)2-5(6)18-9(11,12)13/h1-2,7,15H,14H2,(H,16,17). The van der Waals surface area contributed by atoms with Crippen molar-refractivity contribution in [3.05, 3.63) is 22.7 Å². The van der Waals surface area contributed by atoms with Gasteiger partial charge in [-0.3, -0.25) is 0 Å². The monoisotopic (exact) mass is 285 g/mol. The first kappa shape index (κ1) is 14.4. The number of aliphatic hydroxyl groups is 1. The first-order valence-electron chi connectivity index (χ1n) is 4.37. The van der Waals surface area contributed by atoms with Crippen LogP contribution in [0.1, 0.15) is 11.7 Å². The van der Waals surface area contributed by atoms with E-state index < -0.39 is 29.2 Å². The van der Waals surface area contributed by atoms with E-state index in [0.29, 0.717) is 6.07 Å². The van der Waals surface area contributed by atoms with Crippen LogP contribution in [0.2, 0.25) is 5.02 Å². The molecule has 0 heterocycles. The van der Waals surface area contributed by atoms with Gasteiger partial charge in [-0.15, -0.1) is 13.2 Å². The van der Waals surface area contributed by atoms with Gasteiger partial charge in [0.25, 0.3) is 0 Å². The molecular formula is C9H7ClF3NO4. The third-order valence-corrected chi connectivity index (χ3v) is 2.27. The molecular weight excluding hydrogens is 279 g/mol. The Labute approximate surface area is 104 Å². The number of alkyl halides is 3. The number of aliphatic carboxylic acids is 1. The predicted molar refractivity (Wildman–Crippen MR) is 55.1 cm³/mol. The number of halogens is 4.